The van der Waals surface area contributed by atoms with Crippen molar-refractivity contribution < 1.29 is 9.32 Å². The highest BCUT2D eigenvalue weighted by atomic mass is 35.5. The maximum atomic E-state index is 13.0. The molecule has 0 amide bonds. The molecule has 4 heteroatoms. The lowest BCUT2D eigenvalue weighted by atomic mass is 10.0. The first kappa shape index (κ1) is 17.2. The average Bonchev–Trinajstić information content (AvgIpc) is 2.55. The number of aliphatic hydroxyl groups excluding tert-OH is 1. The number of halogens is 1. The van der Waals surface area contributed by atoms with E-state index in [0.717, 1.165) is 11.1 Å². The van der Waals surface area contributed by atoms with Gasteiger partial charge in [0.25, 0.3) is 0 Å². The molecule has 2 aromatic carbocycles. The quantitative estimate of drug-likeness (QED) is 0.808. The van der Waals surface area contributed by atoms with Crippen molar-refractivity contribution in [1.29, 1.82) is 0 Å². The van der Waals surface area contributed by atoms with Gasteiger partial charge in [-0.25, -0.2) is 0 Å². The van der Waals surface area contributed by atoms with Crippen LogP contribution in [-0.2, 0) is 17.2 Å². The standard InChI is InChI=1S/C18H21ClO2S/c1-3-17(20)18(19,13-15-7-5-4-6-8-15)22(21)16-11-9-14(2)10-12-16/h4-12,17,20H,3,13H2,1-2H3/t17-,18?,22?/m1/s1. The summed E-state index contributed by atoms with van der Waals surface area (Å²) in [5.74, 6) is 0. The molecule has 0 aliphatic rings. The van der Waals surface area contributed by atoms with E-state index in [-0.39, 0.29) is 0 Å². The number of hydrogen-bond donors (Lipinski definition) is 1. The predicted molar refractivity (Wildman–Crippen MR) is 92.6 cm³/mol. The molecule has 2 unspecified atom stereocenters. The highest BCUT2D eigenvalue weighted by Gasteiger charge is 2.42. The van der Waals surface area contributed by atoms with Crippen LogP contribution in [0.5, 0.6) is 0 Å². The van der Waals surface area contributed by atoms with Gasteiger partial charge in [0, 0.05) is 11.3 Å². The third-order valence-corrected chi connectivity index (χ3v) is 6.25. The predicted octanol–water partition coefficient (Wildman–Crippen LogP) is 4.05. The molecule has 3 atom stereocenters. The van der Waals surface area contributed by atoms with Crippen LogP contribution in [0.3, 0.4) is 0 Å². The zero-order valence-electron chi connectivity index (χ0n) is 12.8. The first-order valence-corrected chi connectivity index (χ1v) is 8.89. The van der Waals surface area contributed by atoms with Gasteiger partial charge in [-0.3, -0.25) is 4.21 Å². The van der Waals surface area contributed by atoms with Gasteiger partial charge < -0.3 is 5.11 Å². The lowest BCUT2D eigenvalue weighted by Crippen LogP contribution is -2.42. The Bertz CT molecular complexity index is 627. The molecular weight excluding hydrogens is 316 g/mol. The van der Waals surface area contributed by atoms with Crippen molar-refractivity contribution in [3.8, 4) is 0 Å². The first-order valence-electron chi connectivity index (χ1n) is 7.37. The fourth-order valence-electron chi connectivity index (χ4n) is 2.34. The van der Waals surface area contributed by atoms with E-state index in [0.29, 0.717) is 17.7 Å². The van der Waals surface area contributed by atoms with Crippen LogP contribution in [0.25, 0.3) is 0 Å². The smallest absolute Gasteiger partial charge is 0.153 e. The Kier molecular flexibility index (Phi) is 5.79. The van der Waals surface area contributed by atoms with Crippen LogP contribution in [0.2, 0.25) is 0 Å². The van der Waals surface area contributed by atoms with E-state index in [1.807, 2.05) is 68.4 Å². The molecule has 0 heterocycles. The Morgan fingerprint density at radius 2 is 1.73 bits per heavy atom. The second kappa shape index (κ2) is 7.40. The van der Waals surface area contributed by atoms with Crippen LogP contribution in [0.4, 0.5) is 0 Å². The summed E-state index contributed by atoms with van der Waals surface area (Å²) in [4.78, 5) is 0.643. The summed E-state index contributed by atoms with van der Waals surface area (Å²) in [6, 6.07) is 17.1. The van der Waals surface area contributed by atoms with Gasteiger partial charge >= 0.3 is 0 Å². The van der Waals surface area contributed by atoms with Crippen molar-refractivity contribution in [2.75, 3.05) is 0 Å². The minimum atomic E-state index is -1.51. The molecule has 2 rings (SSSR count). The largest absolute Gasteiger partial charge is 0.390 e. The van der Waals surface area contributed by atoms with Gasteiger partial charge in [0.2, 0.25) is 0 Å². The minimum Gasteiger partial charge on any atom is -0.390 e. The number of rotatable bonds is 6. The summed E-state index contributed by atoms with van der Waals surface area (Å²) in [6.07, 6.45) is -0.0461. The average molecular weight is 337 g/mol. The molecule has 0 radical (unpaired) electrons. The van der Waals surface area contributed by atoms with Crippen molar-refractivity contribution in [3.63, 3.8) is 0 Å². The minimum absolute atomic E-state index is 0.352. The van der Waals surface area contributed by atoms with E-state index in [1.54, 1.807) is 0 Å². The lowest BCUT2D eigenvalue weighted by molar-refractivity contribution is 0.151. The van der Waals surface area contributed by atoms with Crippen LogP contribution in [0.15, 0.2) is 59.5 Å². The maximum Gasteiger partial charge on any atom is 0.153 e. The Morgan fingerprint density at radius 1 is 1.14 bits per heavy atom. The van der Waals surface area contributed by atoms with Crippen LogP contribution in [0.1, 0.15) is 24.5 Å². The van der Waals surface area contributed by atoms with E-state index in [2.05, 4.69) is 0 Å². The molecule has 0 bridgehead atoms. The molecular formula is C18H21ClO2S. The normalized spacial score (nSPS) is 16.7. The summed E-state index contributed by atoms with van der Waals surface area (Å²) in [6.45, 7) is 3.82. The number of alkyl halides is 1. The summed E-state index contributed by atoms with van der Waals surface area (Å²) < 4.78 is 11.8. The van der Waals surface area contributed by atoms with Crippen molar-refractivity contribution in [1.82, 2.24) is 0 Å². The highest BCUT2D eigenvalue weighted by molar-refractivity contribution is 7.88. The van der Waals surface area contributed by atoms with Gasteiger partial charge in [0.05, 0.1) is 16.9 Å². The third-order valence-electron chi connectivity index (χ3n) is 3.72. The topological polar surface area (TPSA) is 37.3 Å². The molecule has 0 aliphatic carbocycles. The summed E-state index contributed by atoms with van der Waals surface area (Å²) in [7, 11) is -1.51. The van der Waals surface area contributed by atoms with Gasteiger partial charge in [-0.15, -0.1) is 11.6 Å². The molecule has 0 aromatic heterocycles. The molecule has 1 N–H and O–H groups in total. The zero-order valence-corrected chi connectivity index (χ0v) is 14.4. The van der Waals surface area contributed by atoms with Gasteiger partial charge in [-0.05, 0) is 31.0 Å². The van der Waals surface area contributed by atoms with Gasteiger partial charge in [-0.2, -0.15) is 0 Å². The van der Waals surface area contributed by atoms with Crippen molar-refractivity contribution in [2.45, 2.75) is 41.9 Å². The zero-order chi connectivity index (χ0) is 16.2. The SMILES string of the molecule is CC[C@@H](O)C(Cl)(Cc1ccccc1)S(=O)c1ccc(C)cc1. The Morgan fingerprint density at radius 3 is 2.27 bits per heavy atom. The Labute approximate surface area is 139 Å². The number of aliphatic hydroxyl groups is 1. The molecule has 2 aromatic rings. The molecule has 0 fully saturated rings. The van der Waals surface area contributed by atoms with E-state index in [1.165, 1.54) is 0 Å². The lowest BCUT2D eigenvalue weighted by Gasteiger charge is -2.31. The van der Waals surface area contributed by atoms with Crippen LogP contribution < -0.4 is 0 Å². The monoisotopic (exact) mass is 336 g/mol. The Balaban J connectivity index is 2.36. The van der Waals surface area contributed by atoms with Crippen molar-refractivity contribution >= 4 is 22.4 Å². The van der Waals surface area contributed by atoms with E-state index < -0.39 is 21.1 Å². The van der Waals surface area contributed by atoms with Gasteiger partial charge in [0.1, 0.15) is 0 Å². The fraction of sp³-hybridized carbons (Fsp3) is 0.333. The van der Waals surface area contributed by atoms with Gasteiger partial charge in [-0.1, -0.05) is 55.0 Å². The highest BCUT2D eigenvalue weighted by Crippen LogP contribution is 2.34. The van der Waals surface area contributed by atoms with E-state index >= 15 is 0 Å². The second-order valence-electron chi connectivity index (χ2n) is 5.45. The molecule has 118 valence electrons. The fourth-order valence-corrected chi connectivity index (χ4v) is 4.41. The molecule has 2 nitrogen and oxygen atoms in total. The third kappa shape index (κ3) is 3.78. The van der Waals surface area contributed by atoms with E-state index in [4.69, 9.17) is 11.6 Å². The molecule has 0 spiro atoms. The van der Waals surface area contributed by atoms with Crippen LogP contribution in [0, 0.1) is 6.92 Å². The van der Waals surface area contributed by atoms with Crippen molar-refractivity contribution in [3.05, 3.63) is 65.7 Å². The first-order chi connectivity index (χ1) is 10.5. The summed E-state index contributed by atoms with van der Waals surface area (Å²) in [5.41, 5.74) is 2.06. The maximum absolute atomic E-state index is 13.0. The molecule has 22 heavy (non-hydrogen) atoms. The van der Waals surface area contributed by atoms with E-state index in [9.17, 15) is 9.32 Å². The van der Waals surface area contributed by atoms with Crippen LogP contribution in [-0.4, -0.2) is 19.6 Å². The number of benzene rings is 2. The summed E-state index contributed by atoms with van der Waals surface area (Å²) >= 11 is 6.70. The van der Waals surface area contributed by atoms with Gasteiger partial charge in [0.15, 0.2) is 4.21 Å². The number of aryl methyl sites for hydroxylation is 1. The van der Waals surface area contributed by atoms with Crippen LogP contribution >= 0.6 is 11.6 Å². The Hall–Kier alpha value is -1.16. The molecule has 0 aliphatic heterocycles. The number of hydrogen-bond acceptors (Lipinski definition) is 2. The molecule has 0 saturated heterocycles. The second-order valence-corrected chi connectivity index (χ2v) is 8.09. The van der Waals surface area contributed by atoms with Crippen molar-refractivity contribution in [2.24, 2.45) is 0 Å². The molecule has 0 saturated carbocycles. The summed E-state index contributed by atoms with van der Waals surface area (Å²) in [5, 5.41) is 10.4.